The Hall–Kier alpha value is -2.93. The predicted octanol–water partition coefficient (Wildman–Crippen LogP) is 2.88. The summed E-state index contributed by atoms with van der Waals surface area (Å²) in [5.41, 5.74) is 5.45. The molecule has 1 aliphatic rings. The molecule has 124 valence electrons. The van der Waals surface area contributed by atoms with Gasteiger partial charge in [0.2, 0.25) is 0 Å². The number of morpholine rings is 1. The van der Waals surface area contributed by atoms with Crippen LogP contribution < -0.4 is 10.3 Å². The summed E-state index contributed by atoms with van der Waals surface area (Å²) in [6.07, 6.45) is 1.62. The Bertz CT molecular complexity index is 728. The lowest BCUT2D eigenvalue weighted by molar-refractivity contribution is -0.384. The highest BCUT2D eigenvalue weighted by Crippen LogP contribution is 2.25. The number of hydrogen-bond acceptors (Lipinski definition) is 6. The largest absolute Gasteiger partial charge is 0.378 e. The number of hydrazone groups is 1. The van der Waals surface area contributed by atoms with Crippen molar-refractivity contribution >= 4 is 23.3 Å². The van der Waals surface area contributed by atoms with Gasteiger partial charge in [-0.3, -0.25) is 15.5 Å². The van der Waals surface area contributed by atoms with Crippen molar-refractivity contribution in [3.05, 3.63) is 64.2 Å². The SMILES string of the molecule is O=[N+]([O-])c1ccc(N2CCOCC2)c(C=NNc2ccccc2)c1. The molecule has 7 nitrogen and oxygen atoms in total. The first-order valence-electron chi connectivity index (χ1n) is 7.69. The number of non-ortho nitro benzene ring substituents is 1. The highest BCUT2D eigenvalue weighted by atomic mass is 16.6. The minimum Gasteiger partial charge on any atom is -0.378 e. The lowest BCUT2D eigenvalue weighted by Gasteiger charge is -2.29. The molecule has 0 amide bonds. The van der Waals surface area contributed by atoms with E-state index in [4.69, 9.17) is 4.74 Å². The van der Waals surface area contributed by atoms with E-state index in [1.807, 2.05) is 30.3 Å². The van der Waals surface area contributed by atoms with Crippen LogP contribution in [0.4, 0.5) is 17.1 Å². The molecule has 0 saturated carbocycles. The average molecular weight is 326 g/mol. The lowest BCUT2D eigenvalue weighted by Crippen LogP contribution is -2.36. The second-order valence-corrected chi connectivity index (χ2v) is 5.34. The van der Waals surface area contributed by atoms with E-state index in [0.717, 1.165) is 24.5 Å². The van der Waals surface area contributed by atoms with Crippen LogP contribution in [0.25, 0.3) is 0 Å². The Kier molecular flexibility index (Phi) is 5.02. The second-order valence-electron chi connectivity index (χ2n) is 5.34. The zero-order valence-corrected chi connectivity index (χ0v) is 13.1. The molecule has 0 unspecified atom stereocenters. The highest BCUT2D eigenvalue weighted by molar-refractivity contribution is 5.89. The van der Waals surface area contributed by atoms with Gasteiger partial charge in [-0.05, 0) is 18.2 Å². The Balaban J connectivity index is 1.84. The quantitative estimate of drug-likeness (QED) is 0.519. The topological polar surface area (TPSA) is 80.0 Å². The first-order chi connectivity index (χ1) is 11.7. The standard InChI is InChI=1S/C17H18N4O3/c22-21(23)16-6-7-17(20-8-10-24-11-9-20)14(12-16)13-18-19-15-4-2-1-3-5-15/h1-7,12-13,19H,8-11H2. The fraction of sp³-hybridized carbons (Fsp3) is 0.235. The molecule has 2 aromatic carbocycles. The molecular formula is C17H18N4O3. The maximum Gasteiger partial charge on any atom is 0.270 e. The van der Waals surface area contributed by atoms with Crippen molar-refractivity contribution in [2.45, 2.75) is 0 Å². The molecule has 1 aliphatic heterocycles. The summed E-state index contributed by atoms with van der Waals surface area (Å²) in [5, 5.41) is 15.3. The molecule has 1 heterocycles. The number of para-hydroxylation sites is 1. The molecule has 0 spiro atoms. The smallest absolute Gasteiger partial charge is 0.270 e. The summed E-state index contributed by atoms with van der Waals surface area (Å²) in [4.78, 5) is 12.8. The summed E-state index contributed by atoms with van der Waals surface area (Å²) in [6.45, 7) is 2.81. The molecule has 0 aromatic heterocycles. The summed E-state index contributed by atoms with van der Waals surface area (Å²) in [5.74, 6) is 0. The summed E-state index contributed by atoms with van der Waals surface area (Å²) < 4.78 is 5.37. The van der Waals surface area contributed by atoms with Gasteiger partial charge in [-0.2, -0.15) is 5.10 Å². The number of benzene rings is 2. The van der Waals surface area contributed by atoms with Crippen molar-refractivity contribution in [2.24, 2.45) is 5.10 Å². The van der Waals surface area contributed by atoms with Gasteiger partial charge in [-0.25, -0.2) is 0 Å². The third kappa shape index (κ3) is 3.88. The van der Waals surface area contributed by atoms with E-state index in [1.54, 1.807) is 18.3 Å². The second kappa shape index (κ2) is 7.56. The molecule has 0 radical (unpaired) electrons. The van der Waals surface area contributed by atoms with Crippen molar-refractivity contribution in [3.8, 4) is 0 Å². The number of anilines is 2. The molecule has 1 saturated heterocycles. The Morgan fingerprint density at radius 3 is 2.62 bits per heavy atom. The lowest BCUT2D eigenvalue weighted by atomic mass is 10.1. The minimum absolute atomic E-state index is 0.0492. The number of ether oxygens (including phenoxy) is 1. The molecule has 0 bridgehead atoms. The Morgan fingerprint density at radius 1 is 1.17 bits per heavy atom. The molecule has 7 heteroatoms. The first-order valence-corrected chi connectivity index (χ1v) is 7.69. The molecule has 0 atom stereocenters. The summed E-state index contributed by atoms with van der Waals surface area (Å²) in [6, 6.07) is 14.4. The predicted molar refractivity (Wildman–Crippen MR) is 93.8 cm³/mol. The van der Waals surface area contributed by atoms with Crippen LogP contribution in [0, 0.1) is 10.1 Å². The maximum atomic E-state index is 11.0. The van der Waals surface area contributed by atoms with Crippen molar-refractivity contribution in [3.63, 3.8) is 0 Å². The third-order valence-corrected chi connectivity index (χ3v) is 3.74. The van der Waals surface area contributed by atoms with Crippen LogP contribution in [0.15, 0.2) is 53.6 Å². The highest BCUT2D eigenvalue weighted by Gasteiger charge is 2.17. The van der Waals surface area contributed by atoms with E-state index in [2.05, 4.69) is 15.4 Å². The average Bonchev–Trinajstić information content (AvgIpc) is 2.63. The van der Waals surface area contributed by atoms with Crippen molar-refractivity contribution in [2.75, 3.05) is 36.6 Å². The van der Waals surface area contributed by atoms with E-state index in [-0.39, 0.29) is 5.69 Å². The van der Waals surface area contributed by atoms with Gasteiger partial charge in [0, 0.05) is 36.5 Å². The number of nitro benzene ring substituents is 1. The van der Waals surface area contributed by atoms with Crippen LogP contribution in [0.5, 0.6) is 0 Å². The van der Waals surface area contributed by atoms with Gasteiger partial charge >= 0.3 is 0 Å². The number of nitro groups is 1. The Morgan fingerprint density at radius 2 is 1.92 bits per heavy atom. The zero-order valence-electron chi connectivity index (χ0n) is 13.1. The van der Waals surface area contributed by atoms with Crippen LogP contribution in [0.1, 0.15) is 5.56 Å². The molecule has 1 fully saturated rings. The van der Waals surface area contributed by atoms with Crippen molar-refractivity contribution < 1.29 is 9.66 Å². The van der Waals surface area contributed by atoms with Gasteiger partial charge in [0.05, 0.1) is 30.0 Å². The van der Waals surface area contributed by atoms with Gasteiger partial charge in [-0.15, -0.1) is 0 Å². The third-order valence-electron chi connectivity index (χ3n) is 3.74. The van der Waals surface area contributed by atoms with Gasteiger partial charge < -0.3 is 9.64 Å². The fourth-order valence-electron chi connectivity index (χ4n) is 2.54. The summed E-state index contributed by atoms with van der Waals surface area (Å²) in [7, 11) is 0. The zero-order chi connectivity index (χ0) is 16.8. The minimum atomic E-state index is -0.398. The molecule has 3 rings (SSSR count). The fourth-order valence-corrected chi connectivity index (χ4v) is 2.54. The number of hydrogen-bond donors (Lipinski definition) is 1. The molecule has 0 aliphatic carbocycles. The van der Waals surface area contributed by atoms with Crippen LogP contribution >= 0.6 is 0 Å². The molecule has 24 heavy (non-hydrogen) atoms. The number of rotatable bonds is 5. The summed E-state index contributed by atoms with van der Waals surface area (Å²) >= 11 is 0. The van der Waals surface area contributed by atoms with Gasteiger partial charge in [0.1, 0.15) is 0 Å². The normalized spacial score (nSPS) is 14.8. The van der Waals surface area contributed by atoms with E-state index >= 15 is 0 Å². The van der Waals surface area contributed by atoms with Crippen molar-refractivity contribution in [1.82, 2.24) is 0 Å². The van der Waals surface area contributed by atoms with Gasteiger partial charge in [-0.1, -0.05) is 18.2 Å². The number of nitrogens with one attached hydrogen (secondary N) is 1. The first kappa shape index (κ1) is 15.9. The van der Waals surface area contributed by atoms with Gasteiger partial charge in [0.15, 0.2) is 0 Å². The van der Waals surface area contributed by atoms with Crippen LogP contribution in [-0.4, -0.2) is 37.4 Å². The monoisotopic (exact) mass is 326 g/mol. The van der Waals surface area contributed by atoms with E-state index in [1.165, 1.54) is 6.07 Å². The number of nitrogens with zero attached hydrogens (tertiary/aromatic N) is 3. The van der Waals surface area contributed by atoms with Crippen molar-refractivity contribution in [1.29, 1.82) is 0 Å². The van der Waals surface area contributed by atoms with Crippen LogP contribution in [-0.2, 0) is 4.74 Å². The molecule has 2 aromatic rings. The van der Waals surface area contributed by atoms with E-state index in [9.17, 15) is 10.1 Å². The van der Waals surface area contributed by atoms with E-state index in [0.29, 0.717) is 18.8 Å². The van der Waals surface area contributed by atoms with E-state index < -0.39 is 4.92 Å². The van der Waals surface area contributed by atoms with Crippen LogP contribution in [0.2, 0.25) is 0 Å². The Labute approximate surface area is 139 Å². The van der Waals surface area contributed by atoms with Gasteiger partial charge in [0.25, 0.3) is 5.69 Å². The molecule has 1 N–H and O–H groups in total. The molecular weight excluding hydrogens is 308 g/mol. The maximum absolute atomic E-state index is 11.0. The van der Waals surface area contributed by atoms with Crippen LogP contribution in [0.3, 0.4) is 0 Å².